The minimum absolute atomic E-state index is 0.0636. The van der Waals surface area contributed by atoms with E-state index in [1.807, 2.05) is 31.2 Å². The van der Waals surface area contributed by atoms with Crippen molar-refractivity contribution in [1.82, 2.24) is 10.9 Å². The lowest BCUT2D eigenvalue weighted by molar-refractivity contribution is -0.137. The molecule has 0 fully saturated rings. The second kappa shape index (κ2) is 7.77. The molecule has 7 heteroatoms. The van der Waals surface area contributed by atoms with Crippen molar-refractivity contribution in [2.24, 2.45) is 0 Å². The fourth-order valence-corrected chi connectivity index (χ4v) is 2.40. The summed E-state index contributed by atoms with van der Waals surface area (Å²) in [5, 5.41) is 0. The summed E-state index contributed by atoms with van der Waals surface area (Å²) < 4.78 is 16.6. The molecule has 2 atom stereocenters. The standard InChI is InChI=1S/C19H20N2O5/c1-12-6-5-7-14(10-12)25-13(2)18(22)20-21-19(23)17-11-24-15-8-3-4-9-16(15)26-17/h3-10,13,17H,11H2,1-2H3,(H,20,22)(H,21,23)/t13-,17-/m1/s1. The minimum atomic E-state index is -0.849. The highest BCUT2D eigenvalue weighted by Crippen LogP contribution is 2.30. The van der Waals surface area contributed by atoms with Gasteiger partial charge in [-0.25, -0.2) is 0 Å². The molecule has 2 aromatic carbocycles. The summed E-state index contributed by atoms with van der Waals surface area (Å²) in [7, 11) is 0. The van der Waals surface area contributed by atoms with E-state index in [2.05, 4.69) is 10.9 Å². The third kappa shape index (κ3) is 4.24. The maximum absolute atomic E-state index is 12.2. The van der Waals surface area contributed by atoms with Gasteiger partial charge in [0.15, 0.2) is 17.6 Å². The van der Waals surface area contributed by atoms with Crippen molar-refractivity contribution < 1.29 is 23.8 Å². The Balaban J connectivity index is 1.49. The Labute approximate surface area is 151 Å². The van der Waals surface area contributed by atoms with E-state index in [9.17, 15) is 9.59 Å². The van der Waals surface area contributed by atoms with Gasteiger partial charge < -0.3 is 14.2 Å². The van der Waals surface area contributed by atoms with Gasteiger partial charge in [-0.05, 0) is 43.7 Å². The van der Waals surface area contributed by atoms with Crippen LogP contribution in [0.25, 0.3) is 0 Å². The van der Waals surface area contributed by atoms with Crippen LogP contribution >= 0.6 is 0 Å². The highest BCUT2D eigenvalue weighted by Gasteiger charge is 2.28. The molecule has 2 N–H and O–H groups in total. The number of aryl methyl sites for hydroxylation is 1. The lowest BCUT2D eigenvalue weighted by Gasteiger charge is -2.25. The van der Waals surface area contributed by atoms with E-state index in [1.165, 1.54) is 0 Å². The summed E-state index contributed by atoms with van der Waals surface area (Å²) in [6, 6.07) is 14.4. The van der Waals surface area contributed by atoms with Gasteiger partial charge in [0.05, 0.1) is 0 Å². The number of rotatable bonds is 4. The minimum Gasteiger partial charge on any atom is -0.485 e. The molecule has 26 heavy (non-hydrogen) atoms. The van der Waals surface area contributed by atoms with Crippen molar-refractivity contribution in [2.75, 3.05) is 6.61 Å². The fourth-order valence-electron chi connectivity index (χ4n) is 2.40. The molecule has 1 heterocycles. The first-order valence-electron chi connectivity index (χ1n) is 8.24. The number of ether oxygens (including phenoxy) is 3. The first-order valence-corrected chi connectivity index (χ1v) is 8.24. The Bertz CT molecular complexity index is 808. The molecule has 1 aliphatic rings. The zero-order valence-corrected chi connectivity index (χ0v) is 14.5. The van der Waals surface area contributed by atoms with E-state index in [0.717, 1.165) is 5.56 Å². The third-order valence-corrected chi connectivity index (χ3v) is 3.78. The highest BCUT2D eigenvalue weighted by molar-refractivity contribution is 5.86. The van der Waals surface area contributed by atoms with Gasteiger partial charge in [-0.2, -0.15) is 0 Å². The molecule has 2 amide bonds. The number of hydrazine groups is 1. The monoisotopic (exact) mass is 356 g/mol. The van der Waals surface area contributed by atoms with Gasteiger partial charge in [0.25, 0.3) is 11.8 Å². The number of carbonyl (C=O) groups is 2. The molecule has 3 rings (SSSR count). The first-order chi connectivity index (χ1) is 12.5. The Hall–Kier alpha value is -3.22. The number of hydrogen-bond acceptors (Lipinski definition) is 5. The van der Waals surface area contributed by atoms with E-state index in [1.54, 1.807) is 31.2 Å². The van der Waals surface area contributed by atoms with Gasteiger partial charge in [-0.1, -0.05) is 24.3 Å². The van der Waals surface area contributed by atoms with E-state index in [4.69, 9.17) is 14.2 Å². The van der Waals surface area contributed by atoms with Crippen molar-refractivity contribution in [3.8, 4) is 17.2 Å². The van der Waals surface area contributed by atoms with E-state index >= 15 is 0 Å². The average Bonchev–Trinajstić information content (AvgIpc) is 2.65. The molecule has 2 aromatic rings. The van der Waals surface area contributed by atoms with Gasteiger partial charge in [0.2, 0.25) is 6.10 Å². The summed E-state index contributed by atoms with van der Waals surface area (Å²) >= 11 is 0. The summed E-state index contributed by atoms with van der Waals surface area (Å²) in [6.45, 7) is 3.59. The van der Waals surface area contributed by atoms with Gasteiger partial charge in [0, 0.05) is 0 Å². The van der Waals surface area contributed by atoms with Crippen molar-refractivity contribution in [3.63, 3.8) is 0 Å². The van der Waals surface area contributed by atoms with E-state index in [0.29, 0.717) is 17.2 Å². The Morgan fingerprint density at radius 3 is 2.65 bits per heavy atom. The maximum atomic E-state index is 12.2. The van der Waals surface area contributed by atoms with Crippen LogP contribution in [-0.2, 0) is 9.59 Å². The number of carbonyl (C=O) groups excluding carboxylic acids is 2. The second-order valence-electron chi connectivity index (χ2n) is 5.92. The molecule has 0 saturated heterocycles. The van der Waals surface area contributed by atoms with Crippen LogP contribution in [0.4, 0.5) is 0 Å². The number of amides is 2. The summed E-state index contributed by atoms with van der Waals surface area (Å²) in [5.74, 6) is 0.675. The van der Waals surface area contributed by atoms with Gasteiger partial charge in [0.1, 0.15) is 12.4 Å². The van der Waals surface area contributed by atoms with Crippen molar-refractivity contribution in [2.45, 2.75) is 26.1 Å². The average molecular weight is 356 g/mol. The van der Waals surface area contributed by atoms with Crippen LogP contribution in [0.3, 0.4) is 0 Å². The van der Waals surface area contributed by atoms with Crippen LogP contribution in [-0.4, -0.2) is 30.6 Å². The number of nitrogens with one attached hydrogen (secondary N) is 2. The predicted molar refractivity (Wildman–Crippen MR) is 93.9 cm³/mol. The quantitative estimate of drug-likeness (QED) is 0.815. The smallest absolute Gasteiger partial charge is 0.283 e. The zero-order valence-electron chi connectivity index (χ0n) is 14.5. The molecule has 7 nitrogen and oxygen atoms in total. The summed E-state index contributed by atoms with van der Waals surface area (Å²) in [4.78, 5) is 24.3. The topological polar surface area (TPSA) is 85.9 Å². The lowest BCUT2D eigenvalue weighted by atomic mass is 10.2. The molecule has 0 aromatic heterocycles. The molecule has 1 aliphatic heterocycles. The van der Waals surface area contributed by atoms with Crippen molar-refractivity contribution in [1.29, 1.82) is 0 Å². The van der Waals surface area contributed by atoms with Gasteiger partial charge in [-0.15, -0.1) is 0 Å². The highest BCUT2D eigenvalue weighted by atomic mass is 16.6. The second-order valence-corrected chi connectivity index (χ2v) is 5.92. The fraction of sp³-hybridized carbons (Fsp3) is 0.263. The molecule has 136 valence electrons. The van der Waals surface area contributed by atoms with Crippen LogP contribution < -0.4 is 25.1 Å². The molecule has 0 saturated carbocycles. The van der Waals surface area contributed by atoms with E-state index < -0.39 is 24.0 Å². The van der Waals surface area contributed by atoms with Gasteiger partial charge in [-0.3, -0.25) is 20.4 Å². The first kappa shape index (κ1) is 17.6. The molecule has 0 aliphatic carbocycles. The van der Waals surface area contributed by atoms with Crippen molar-refractivity contribution in [3.05, 3.63) is 54.1 Å². The van der Waals surface area contributed by atoms with Crippen LogP contribution in [0.5, 0.6) is 17.2 Å². The summed E-state index contributed by atoms with van der Waals surface area (Å²) in [6.07, 6.45) is -1.63. The predicted octanol–water partition coefficient (Wildman–Crippen LogP) is 1.75. The Morgan fingerprint density at radius 1 is 1.12 bits per heavy atom. The zero-order chi connectivity index (χ0) is 18.5. The third-order valence-electron chi connectivity index (χ3n) is 3.78. The number of hydrogen-bond donors (Lipinski definition) is 2. The summed E-state index contributed by atoms with van der Waals surface area (Å²) in [5.41, 5.74) is 5.70. The Kier molecular flexibility index (Phi) is 5.26. The van der Waals surface area contributed by atoms with Crippen molar-refractivity contribution >= 4 is 11.8 Å². The van der Waals surface area contributed by atoms with Crippen LogP contribution in [0, 0.1) is 6.92 Å². The number of fused-ring (bicyclic) bond motifs is 1. The normalized spacial score (nSPS) is 16.3. The van der Waals surface area contributed by atoms with Gasteiger partial charge >= 0.3 is 0 Å². The molecule has 0 unspecified atom stereocenters. The Morgan fingerprint density at radius 2 is 1.88 bits per heavy atom. The van der Waals surface area contributed by atoms with Crippen LogP contribution in [0.2, 0.25) is 0 Å². The maximum Gasteiger partial charge on any atom is 0.283 e. The van der Waals surface area contributed by atoms with E-state index in [-0.39, 0.29) is 6.61 Å². The molecule has 0 bridgehead atoms. The largest absolute Gasteiger partial charge is 0.485 e. The molecule has 0 radical (unpaired) electrons. The number of benzene rings is 2. The lowest BCUT2D eigenvalue weighted by Crippen LogP contribution is -2.53. The van der Waals surface area contributed by atoms with Crippen LogP contribution in [0.15, 0.2) is 48.5 Å². The molecular weight excluding hydrogens is 336 g/mol. The number of para-hydroxylation sites is 2. The molecular formula is C19H20N2O5. The SMILES string of the molecule is Cc1cccc(O[C@H](C)C(=O)NNC(=O)[C@H]2COc3ccccc3O2)c1. The van der Waals surface area contributed by atoms with Crippen LogP contribution in [0.1, 0.15) is 12.5 Å². The molecule has 0 spiro atoms.